The first-order chi connectivity index (χ1) is 13.0. The summed E-state index contributed by atoms with van der Waals surface area (Å²) in [5.41, 5.74) is -0.739. The Kier molecular flexibility index (Phi) is 4.71. The van der Waals surface area contributed by atoms with Gasteiger partial charge in [-0.2, -0.15) is 0 Å². The molecule has 2 N–H and O–H groups in total. The van der Waals surface area contributed by atoms with Crippen LogP contribution >= 0.6 is 0 Å². The number of hydrogen-bond donors (Lipinski definition) is 2. The van der Waals surface area contributed by atoms with Crippen LogP contribution < -0.4 is 0 Å². The lowest BCUT2D eigenvalue weighted by Crippen LogP contribution is -2.17. The summed E-state index contributed by atoms with van der Waals surface area (Å²) in [7, 11) is -4.03. The summed E-state index contributed by atoms with van der Waals surface area (Å²) < 4.78 is 27.1. The second-order valence-corrected chi connectivity index (χ2v) is 9.69. The minimum atomic E-state index is -4.03. The van der Waals surface area contributed by atoms with Crippen LogP contribution in [-0.2, 0) is 15.3 Å². The Morgan fingerprint density at radius 1 is 0.964 bits per heavy atom. The average molecular weight is 398 g/mol. The van der Waals surface area contributed by atoms with E-state index >= 15 is 0 Å². The third kappa shape index (κ3) is 3.14. The maximum Gasteiger partial charge on any atom is 0.339 e. The highest BCUT2D eigenvalue weighted by Gasteiger charge is 2.32. The third-order valence-electron chi connectivity index (χ3n) is 4.86. The van der Waals surface area contributed by atoms with E-state index in [9.17, 15) is 23.4 Å². The number of phenols is 1. The molecule has 3 aromatic carbocycles. The summed E-state index contributed by atoms with van der Waals surface area (Å²) >= 11 is 0. The maximum atomic E-state index is 13.6. The van der Waals surface area contributed by atoms with Gasteiger partial charge in [-0.25, -0.2) is 13.2 Å². The summed E-state index contributed by atoms with van der Waals surface area (Å²) in [5.74, 6) is -1.76. The first-order valence-electron chi connectivity index (χ1n) is 8.79. The van der Waals surface area contributed by atoms with Crippen LogP contribution in [0.4, 0.5) is 0 Å². The summed E-state index contributed by atoms with van der Waals surface area (Å²) in [4.78, 5) is 11.8. The molecule has 0 heterocycles. The van der Waals surface area contributed by atoms with Crippen molar-refractivity contribution in [3.63, 3.8) is 0 Å². The zero-order valence-corrected chi connectivity index (χ0v) is 17.0. The van der Waals surface area contributed by atoms with E-state index in [1.54, 1.807) is 39.0 Å². The molecule has 0 aliphatic rings. The van der Waals surface area contributed by atoms with Crippen molar-refractivity contribution in [2.24, 2.45) is 0 Å². The molecule has 0 aliphatic heterocycles. The van der Waals surface area contributed by atoms with Crippen molar-refractivity contribution in [2.75, 3.05) is 0 Å². The van der Waals surface area contributed by atoms with E-state index in [0.717, 1.165) is 5.39 Å². The van der Waals surface area contributed by atoms with Gasteiger partial charge in [-0.1, -0.05) is 57.2 Å². The monoisotopic (exact) mass is 398 g/mol. The molecule has 6 heteroatoms. The Bertz CT molecular complexity index is 1200. The Balaban J connectivity index is 2.42. The van der Waals surface area contributed by atoms with E-state index in [2.05, 4.69) is 0 Å². The number of sulfone groups is 1. The lowest BCUT2D eigenvalue weighted by molar-refractivity contribution is 0.0692. The lowest BCUT2D eigenvalue weighted by atomic mass is 9.84. The minimum Gasteiger partial charge on any atom is -0.507 e. The first kappa shape index (κ1) is 19.9. The Morgan fingerprint density at radius 3 is 2.18 bits per heavy atom. The summed E-state index contributed by atoms with van der Waals surface area (Å²) in [6, 6.07) is 13.5. The van der Waals surface area contributed by atoms with Crippen LogP contribution in [-0.4, -0.2) is 24.6 Å². The molecule has 5 nitrogen and oxygen atoms in total. The highest BCUT2D eigenvalue weighted by atomic mass is 32.2. The van der Waals surface area contributed by atoms with E-state index in [0.29, 0.717) is 5.39 Å². The number of benzene rings is 3. The fourth-order valence-corrected chi connectivity index (χ4v) is 5.15. The molecule has 3 rings (SSSR count). The second-order valence-electron chi connectivity index (χ2n) is 7.81. The van der Waals surface area contributed by atoms with E-state index in [4.69, 9.17) is 0 Å². The number of carboxylic acid groups (broad SMARTS) is 1. The quantitative estimate of drug-likeness (QED) is 0.668. The minimum absolute atomic E-state index is 0.0194. The van der Waals surface area contributed by atoms with Crippen molar-refractivity contribution in [3.8, 4) is 5.75 Å². The van der Waals surface area contributed by atoms with Crippen molar-refractivity contribution < 1.29 is 23.4 Å². The van der Waals surface area contributed by atoms with Crippen LogP contribution in [0.1, 0.15) is 42.3 Å². The average Bonchev–Trinajstić information content (AvgIpc) is 2.59. The van der Waals surface area contributed by atoms with Crippen molar-refractivity contribution in [3.05, 3.63) is 65.2 Å². The normalized spacial score (nSPS) is 12.3. The SMILES string of the molecule is Cc1c(S(=O)(=O)c2cccc3ccccc23)cc(C(C)(C)C)c(O)c1C(=O)O. The number of carboxylic acids is 1. The molecule has 0 saturated carbocycles. The van der Waals surface area contributed by atoms with E-state index in [1.807, 2.05) is 18.2 Å². The molecule has 0 amide bonds. The lowest BCUT2D eigenvalue weighted by Gasteiger charge is -2.24. The molecule has 0 bridgehead atoms. The predicted molar refractivity (Wildman–Crippen MR) is 108 cm³/mol. The summed E-state index contributed by atoms with van der Waals surface area (Å²) in [5, 5.41) is 21.5. The first-order valence-corrected chi connectivity index (χ1v) is 10.3. The van der Waals surface area contributed by atoms with E-state index in [-0.39, 0.29) is 26.5 Å². The molecular weight excluding hydrogens is 376 g/mol. The molecule has 3 aromatic rings. The van der Waals surface area contributed by atoms with Crippen LogP contribution in [0.5, 0.6) is 5.75 Å². The van der Waals surface area contributed by atoms with Gasteiger partial charge in [0.15, 0.2) is 0 Å². The van der Waals surface area contributed by atoms with Crippen molar-refractivity contribution in [2.45, 2.75) is 42.9 Å². The van der Waals surface area contributed by atoms with Gasteiger partial charge in [0.05, 0.1) is 9.79 Å². The smallest absolute Gasteiger partial charge is 0.339 e. The van der Waals surface area contributed by atoms with E-state index in [1.165, 1.54) is 19.1 Å². The van der Waals surface area contributed by atoms with Gasteiger partial charge in [-0.15, -0.1) is 0 Å². The topological polar surface area (TPSA) is 91.7 Å². The molecular formula is C22H22O5S. The van der Waals surface area contributed by atoms with Crippen LogP contribution in [0, 0.1) is 6.92 Å². The molecule has 146 valence electrons. The molecule has 0 saturated heterocycles. The molecule has 0 radical (unpaired) electrons. The van der Waals surface area contributed by atoms with Gasteiger partial charge in [0.2, 0.25) is 9.84 Å². The molecule has 28 heavy (non-hydrogen) atoms. The van der Waals surface area contributed by atoms with Crippen LogP contribution in [0.2, 0.25) is 0 Å². The standard InChI is InChI=1S/C22H22O5S/c1-13-18(12-16(22(2,3)4)20(23)19(13)21(24)25)28(26,27)17-11-7-9-14-8-5-6-10-15(14)17/h5-12,23H,1-4H3,(H,24,25). The number of hydrogen-bond acceptors (Lipinski definition) is 4. The fraction of sp³-hybridized carbons (Fsp3) is 0.227. The van der Waals surface area contributed by atoms with Gasteiger partial charge in [0.25, 0.3) is 0 Å². The van der Waals surface area contributed by atoms with Crippen molar-refractivity contribution >= 4 is 26.6 Å². The zero-order valence-electron chi connectivity index (χ0n) is 16.1. The molecule has 0 atom stereocenters. The summed E-state index contributed by atoms with van der Waals surface area (Å²) in [6.07, 6.45) is 0. The van der Waals surface area contributed by atoms with Gasteiger partial charge in [0.1, 0.15) is 11.3 Å². The third-order valence-corrected chi connectivity index (χ3v) is 6.80. The number of rotatable bonds is 3. The van der Waals surface area contributed by atoms with Crippen LogP contribution in [0.15, 0.2) is 58.3 Å². The predicted octanol–water partition coefficient (Wildman–Crippen LogP) is 4.68. The Morgan fingerprint density at radius 2 is 1.57 bits per heavy atom. The van der Waals surface area contributed by atoms with Crippen LogP contribution in [0.3, 0.4) is 0 Å². The second kappa shape index (κ2) is 6.63. The highest BCUT2D eigenvalue weighted by Crippen LogP contribution is 2.40. The van der Waals surface area contributed by atoms with Crippen molar-refractivity contribution in [1.82, 2.24) is 0 Å². The van der Waals surface area contributed by atoms with Crippen LogP contribution in [0.25, 0.3) is 10.8 Å². The van der Waals surface area contributed by atoms with E-state index < -0.39 is 27.0 Å². The fourth-order valence-electron chi connectivity index (χ4n) is 3.40. The molecule has 0 spiro atoms. The zero-order chi connectivity index (χ0) is 20.9. The highest BCUT2D eigenvalue weighted by molar-refractivity contribution is 7.91. The number of fused-ring (bicyclic) bond motifs is 1. The number of carbonyl (C=O) groups is 1. The van der Waals surface area contributed by atoms with Gasteiger partial charge in [0, 0.05) is 10.9 Å². The Hall–Kier alpha value is -2.86. The molecule has 0 aromatic heterocycles. The van der Waals surface area contributed by atoms with Gasteiger partial charge in [-0.3, -0.25) is 0 Å². The Labute approximate surface area is 164 Å². The summed E-state index contributed by atoms with van der Waals surface area (Å²) in [6.45, 7) is 6.78. The molecule has 0 fully saturated rings. The maximum absolute atomic E-state index is 13.6. The largest absolute Gasteiger partial charge is 0.507 e. The molecule has 0 aliphatic carbocycles. The van der Waals surface area contributed by atoms with Gasteiger partial charge in [-0.05, 0) is 35.4 Å². The van der Waals surface area contributed by atoms with Gasteiger partial charge >= 0.3 is 5.97 Å². The van der Waals surface area contributed by atoms with Gasteiger partial charge < -0.3 is 10.2 Å². The molecule has 0 unspecified atom stereocenters. The number of aromatic carboxylic acids is 1. The van der Waals surface area contributed by atoms with Crippen molar-refractivity contribution in [1.29, 1.82) is 0 Å². The number of aromatic hydroxyl groups is 1.